The third kappa shape index (κ3) is 6.82. The number of carbonyl (C=O) groups is 1. The Balaban J connectivity index is 1.40. The van der Waals surface area contributed by atoms with Gasteiger partial charge < -0.3 is 9.47 Å². The van der Waals surface area contributed by atoms with Gasteiger partial charge in [-0.1, -0.05) is 45.4 Å². The van der Waals surface area contributed by atoms with E-state index in [-0.39, 0.29) is 11.3 Å². The standard InChI is InChI=1S/C26H30FNO3/c1-2-4-19-6-8-20(9-7-19)5-3-16-30-23-13-11-22(12-14-23)26(29)31-25-15-10-21(18-28)17-24(25)27/h10-15,17,19-20H,2-9,16H2,1H3. The molecule has 1 aliphatic carbocycles. The first kappa shape index (κ1) is 22.8. The van der Waals surface area contributed by atoms with Crippen molar-refractivity contribution in [2.75, 3.05) is 6.61 Å². The summed E-state index contributed by atoms with van der Waals surface area (Å²) in [5.74, 6) is 0.869. The van der Waals surface area contributed by atoms with Crippen LogP contribution in [-0.2, 0) is 0 Å². The number of nitrogens with zero attached hydrogens (tertiary/aromatic N) is 1. The second-order valence-electron chi connectivity index (χ2n) is 8.34. The molecule has 164 valence electrons. The van der Waals surface area contributed by atoms with Gasteiger partial charge in [0, 0.05) is 0 Å². The van der Waals surface area contributed by atoms with E-state index in [4.69, 9.17) is 14.7 Å². The maximum absolute atomic E-state index is 13.9. The quantitative estimate of drug-likeness (QED) is 0.256. The lowest BCUT2D eigenvalue weighted by molar-refractivity contribution is 0.0728. The van der Waals surface area contributed by atoms with Crippen LogP contribution in [0.3, 0.4) is 0 Å². The molecule has 4 nitrogen and oxygen atoms in total. The van der Waals surface area contributed by atoms with E-state index in [1.807, 2.05) is 6.07 Å². The van der Waals surface area contributed by atoms with E-state index in [9.17, 15) is 9.18 Å². The Hall–Kier alpha value is -2.87. The lowest BCUT2D eigenvalue weighted by Crippen LogP contribution is -2.15. The predicted octanol–water partition coefficient (Wildman–Crippen LogP) is 6.68. The highest BCUT2D eigenvalue weighted by Crippen LogP contribution is 2.33. The van der Waals surface area contributed by atoms with Crippen LogP contribution in [0, 0.1) is 29.0 Å². The van der Waals surface area contributed by atoms with Gasteiger partial charge in [0.2, 0.25) is 0 Å². The molecule has 0 spiro atoms. The fourth-order valence-electron chi connectivity index (χ4n) is 4.28. The van der Waals surface area contributed by atoms with Crippen molar-refractivity contribution >= 4 is 5.97 Å². The summed E-state index contributed by atoms with van der Waals surface area (Å²) in [6.45, 7) is 2.93. The van der Waals surface area contributed by atoms with Gasteiger partial charge >= 0.3 is 5.97 Å². The van der Waals surface area contributed by atoms with Crippen molar-refractivity contribution in [3.8, 4) is 17.6 Å². The number of ether oxygens (including phenoxy) is 2. The Bertz CT molecular complexity index is 896. The van der Waals surface area contributed by atoms with Crippen molar-refractivity contribution in [3.05, 3.63) is 59.4 Å². The van der Waals surface area contributed by atoms with Gasteiger partial charge in [-0.3, -0.25) is 0 Å². The number of benzene rings is 2. The Morgan fingerprint density at radius 3 is 2.35 bits per heavy atom. The fraction of sp³-hybridized carbons (Fsp3) is 0.462. The van der Waals surface area contributed by atoms with Crippen molar-refractivity contribution in [2.45, 2.75) is 58.3 Å². The molecule has 1 saturated carbocycles. The van der Waals surface area contributed by atoms with Crippen molar-refractivity contribution in [2.24, 2.45) is 11.8 Å². The molecule has 1 aliphatic rings. The zero-order valence-corrected chi connectivity index (χ0v) is 18.1. The van der Waals surface area contributed by atoms with Crippen LogP contribution < -0.4 is 9.47 Å². The Morgan fingerprint density at radius 2 is 1.74 bits per heavy atom. The fourth-order valence-corrected chi connectivity index (χ4v) is 4.28. The SMILES string of the molecule is CCCC1CCC(CCCOc2ccc(C(=O)Oc3ccc(C#N)cc3F)cc2)CC1. The smallest absolute Gasteiger partial charge is 0.343 e. The van der Waals surface area contributed by atoms with E-state index in [0.29, 0.717) is 17.9 Å². The third-order valence-electron chi connectivity index (χ3n) is 6.04. The summed E-state index contributed by atoms with van der Waals surface area (Å²) in [6, 6.07) is 12.2. The summed E-state index contributed by atoms with van der Waals surface area (Å²) in [5.41, 5.74) is 0.475. The monoisotopic (exact) mass is 423 g/mol. The molecule has 0 atom stereocenters. The molecule has 0 unspecified atom stereocenters. The van der Waals surface area contributed by atoms with E-state index in [1.165, 1.54) is 57.1 Å². The molecule has 31 heavy (non-hydrogen) atoms. The van der Waals surface area contributed by atoms with Crippen LogP contribution >= 0.6 is 0 Å². The summed E-state index contributed by atoms with van der Waals surface area (Å²) < 4.78 is 24.8. The summed E-state index contributed by atoms with van der Waals surface area (Å²) in [6.07, 6.45) is 10.4. The number of hydrogen-bond donors (Lipinski definition) is 0. The first-order valence-corrected chi connectivity index (χ1v) is 11.2. The molecule has 0 radical (unpaired) electrons. The molecule has 1 fully saturated rings. The van der Waals surface area contributed by atoms with E-state index in [0.717, 1.165) is 24.3 Å². The molecule has 5 heteroatoms. The summed E-state index contributed by atoms with van der Waals surface area (Å²) in [4.78, 5) is 12.2. The van der Waals surface area contributed by atoms with E-state index in [2.05, 4.69) is 6.92 Å². The van der Waals surface area contributed by atoms with Crippen LogP contribution in [0.2, 0.25) is 0 Å². The Labute approximate surface area is 184 Å². The lowest BCUT2D eigenvalue weighted by atomic mass is 9.78. The zero-order valence-electron chi connectivity index (χ0n) is 18.1. The van der Waals surface area contributed by atoms with Gasteiger partial charge in [0.25, 0.3) is 0 Å². The van der Waals surface area contributed by atoms with Crippen LogP contribution in [0.25, 0.3) is 0 Å². The molecular weight excluding hydrogens is 393 g/mol. The maximum atomic E-state index is 13.9. The van der Waals surface area contributed by atoms with Gasteiger partial charge in [0.15, 0.2) is 11.6 Å². The molecule has 0 heterocycles. The Kier molecular flexibility index (Phi) is 8.46. The molecule has 0 saturated heterocycles. The van der Waals surface area contributed by atoms with Crippen LogP contribution in [0.1, 0.15) is 74.2 Å². The van der Waals surface area contributed by atoms with E-state index >= 15 is 0 Å². The van der Waals surface area contributed by atoms with Gasteiger partial charge in [-0.15, -0.1) is 0 Å². The number of nitriles is 1. The lowest BCUT2D eigenvalue weighted by Gasteiger charge is -2.28. The topological polar surface area (TPSA) is 59.3 Å². The summed E-state index contributed by atoms with van der Waals surface area (Å²) >= 11 is 0. The summed E-state index contributed by atoms with van der Waals surface area (Å²) in [7, 11) is 0. The Morgan fingerprint density at radius 1 is 1.06 bits per heavy atom. The minimum absolute atomic E-state index is 0.169. The number of hydrogen-bond acceptors (Lipinski definition) is 4. The van der Waals surface area contributed by atoms with Crippen molar-refractivity contribution < 1.29 is 18.7 Å². The summed E-state index contributed by atoms with van der Waals surface area (Å²) in [5, 5.41) is 8.77. The first-order valence-electron chi connectivity index (χ1n) is 11.2. The average Bonchev–Trinajstić information content (AvgIpc) is 2.79. The molecule has 2 aromatic rings. The highest BCUT2D eigenvalue weighted by Gasteiger charge is 2.20. The number of halogens is 1. The van der Waals surface area contributed by atoms with Crippen molar-refractivity contribution in [1.29, 1.82) is 5.26 Å². The van der Waals surface area contributed by atoms with Crippen LogP contribution in [0.4, 0.5) is 4.39 Å². The largest absolute Gasteiger partial charge is 0.494 e. The van der Waals surface area contributed by atoms with Gasteiger partial charge in [0.05, 0.1) is 23.8 Å². The van der Waals surface area contributed by atoms with Gasteiger partial charge in [-0.2, -0.15) is 5.26 Å². The first-order chi connectivity index (χ1) is 15.1. The average molecular weight is 424 g/mol. The third-order valence-corrected chi connectivity index (χ3v) is 6.04. The molecule has 3 rings (SSSR count). The van der Waals surface area contributed by atoms with Crippen LogP contribution in [0.15, 0.2) is 42.5 Å². The minimum atomic E-state index is -0.744. The maximum Gasteiger partial charge on any atom is 0.343 e. The highest BCUT2D eigenvalue weighted by atomic mass is 19.1. The van der Waals surface area contributed by atoms with Crippen molar-refractivity contribution in [3.63, 3.8) is 0 Å². The van der Waals surface area contributed by atoms with Gasteiger partial charge in [0.1, 0.15) is 5.75 Å². The zero-order chi connectivity index (χ0) is 22.1. The molecule has 0 aliphatic heterocycles. The minimum Gasteiger partial charge on any atom is -0.494 e. The predicted molar refractivity (Wildman–Crippen MR) is 118 cm³/mol. The normalized spacial score (nSPS) is 18.2. The van der Waals surface area contributed by atoms with Crippen LogP contribution in [-0.4, -0.2) is 12.6 Å². The second-order valence-corrected chi connectivity index (χ2v) is 8.34. The number of carbonyl (C=O) groups excluding carboxylic acids is 1. The van der Waals surface area contributed by atoms with Crippen LogP contribution in [0.5, 0.6) is 11.5 Å². The number of rotatable bonds is 9. The van der Waals surface area contributed by atoms with E-state index < -0.39 is 11.8 Å². The molecule has 0 aromatic heterocycles. The molecular formula is C26H30FNO3. The second kappa shape index (κ2) is 11.5. The number of esters is 1. The molecule has 0 bridgehead atoms. The molecule has 0 N–H and O–H groups in total. The van der Waals surface area contributed by atoms with Crippen molar-refractivity contribution in [1.82, 2.24) is 0 Å². The van der Waals surface area contributed by atoms with E-state index in [1.54, 1.807) is 24.3 Å². The van der Waals surface area contributed by atoms with Gasteiger partial charge in [-0.05, 0) is 67.1 Å². The molecule has 0 amide bonds. The van der Waals surface area contributed by atoms with Gasteiger partial charge in [-0.25, -0.2) is 9.18 Å². The molecule has 2 aromatic carbocycles. The highest BCUT2D eigenvalue weighted by molar-refractivity contribution is 5.91.